The van der Waals surface area contributed by atoms with Gasteiger partial charge in [0.15, 0.2) is 0 Å². The standard InChI is InChI=1S/C22H22FN3O3S/c23-17-6-2-1-5-16(17)22(29)25-11-9-15(10-12-25)24-20(27)13-26-18-7-3-4-8-19(18)30-14-21(26)28/h1-8,15H,9-14H2,(H,24,27). The molecule has 2 aliphatic heterocycles. The molecule has 2 aliphatic rings. The first kappa shape index (κ1) is 20.4. The minimum atomic E-state index is -0.525. The molecule has 0 radical (unpaired) electrons. The molecule has 0 spiro atoms. The molecule has 3 amide bonds. The monoisotopic (exact) mass is 427 g/mol. The van der Waals surface area contributed by atoms with Crippen LogP contribution < -0.4 is 10.2 Å². The van der Waals surface area contributed by atoms with Crippen LogP contribution in [0.2, 0.25) is 0 Å². The van der Waals surface area contributed by atoms with Gasteiger partial charge < -0.3 is 15.1 Å². The second kappa shape index (κ2) is 8.87. The van der Waals surface area contributed by atoms with Crippen LogP contribution in [0, 0.1) is 5.82 Å². The maximum absolute atomic E-state index is 13.9. The Labute approximate surface area is 178 Å². The van der Waals surface area contributed by atoms with E-state index in [9.17, 15) is 18.8 Å². The van der Waals surface area contributed by atoms with E-state index >= 15 is 0 Å². The van der Waals surface area contributed by atoms with Crippen molar-refractivity contribution in [2.45, 2.75) is 23.8 Å². The first-order valence-corrected chi connectivity index (χ1v) is 10.9. The number of likely N-dealkylation sites (tertiary alicyclic amines) is 1. The number of benzene rings is 2. The summed E-state index contributed by atoms with van der Waals surface area (Å²) < 4.78 is 13.9. The number of nitrogens with one attached hydrogen (secondary N) is 1. The fourth-order valence-electron chi connectivity index (χ4n) is 3.78. The molecule has 0 unspecified atom stereocenters. The van der Waals surface area contributed by atoms with Gasteiger partial charge in [0.1, 0.15) is 12.4 Å². The van der Waals surface area contributed by atoms with E-state index < -0.39 is 5.82 Å². The molecule has 0 aliphatic carbocycles. The van der Waals surface area contributed by atoms with E-state index in [2.05, 4.69) is 5.32 Å². The number of hydrogen-bond acceptors (Lipinski definition) is 4. The third kappa shape index (κ3) is 4.33. The number of hydrogen-bond donors (Lipinski definition) is 1. The lowest BCUT2D eigenvalue weighted by atomic mass is 10.0. The van der Waals surface area contributed by atoms with Crippen LogP contribution in [-0.4, -0.2) is 54.1 Å². The molecule has 1 N–H and O–H groups in total. The quantitative estimate of drug-likeness (QED) is 0.815. The SMILES string of the molecule is O=C(CN1C(=O)CSc2ccccc21)NC1CCN(C(=O)c2ccccc2F)CC1. The summed E-state index contributed by atoms with van der Waals surface area (Å²) in [5.74, 6) is -0.836. The van der Waals surface area contributed by atoms with Crippen molar-refractivity contribution in [1.29, 1.82) is 0 Å². The number of piperidine rings is 1. The third-order valence-corrected chi connectivity index (χ3v) is 6.41. The summed E-state index contributed by atoms with van der Waals surface area (Å²) in [4.78, 5) is 41.5. The maximum Gasteiger partial charge on any atom is 0.256 e. The topological polar surface area (TPSA) is 69.7 Å². The second-order valence-electron chi connectivity index (χ2n) is 7.35. The molecule has 0 bridgehead atoms. The largest absolute Gasteiger partial charge is 0.352 e. The van der Waals surface area contributed by atoms with Gasteiger partial charge in [0.2, 0.25) is 11.8 Å². The lowest BCUT2D eigenvalue weighted by Gasteiger charge is -2.33. The molecule has 1 saturated heterocycles. The predicted molar refractivity (Wildman–Crippen MR) is 113 cm³/mol. The maximum atomic E-state index is 13.9. The number of fused-ring (bicyclic) bond motifs is 1. The lowest BCUT2D eigenvalue weighted by molar-refractivity contribution is -0.123. The molecule has 6 nitrogen and oxygen atoms in total. The highest BCUT2D eigenvalue weighted by molar-refractivity contribution is 8.00. The molecular weight excluding hydrogens is 405 g/mol. The van der Waals surface area contributed by atoms with E-state index in [4.69, 9.17) is 0 Å². The number of carbonyl (C=O) groups is 3. The van der Waals surface area contributed by atoms with Crippen LogP contribution in [0.4, 0.5) is 10.1 Å². The first-order valence-electron chi connectivity index (χ1n) is 9.88. The number of carbonyl (C=O) groups excluding carboxylic acids is 3. The van der Waals surface area contributed by atoms with Crippen molar-refractivity contribution in [2.24, 2.45) is 0 Å². The van der Waals surface area contributed by atoms with Gasteiger partial charge in [0, 0.05) is 24.0 Å². The number of thioether (sulfide) groups is 1. The van der Waals surface area contributed by atoms with Crippen molar-refractivity contribution >= 4 is 35.2 Å². The summed E-state index contributed by atoms with van der Waals surface area (Å²) >= 11 is 1.48. The van der Waals surface area contributed by atoms with E-state index in [0.717, 1.165) is 10.6 Å². The van der Waals surface area contributed by atoms with Crippen LogP contribution in [0.1, 0.15) is 23.2 Å². The van der Waals surface area contributed by atoms with Crippen LogP contribution in [0.15, 0.2) is 53.4 Å². The van der Waals surface area contributed by atoms with E-state index in [0.29, 0.717) is 31.7 Å². The Kier molecular flexibility index (Phi) is 6.03. The smallest absolute Gasteiger partial charge is 0.256 e. The van der Waals surface area contributed by atoms with E-state index in [-0.39, 0.29) is 35.9 Å². The Morgan fingerprint density at radius 2 is 1.77 bits per heavy atom. The summed E-state index contributed by atoms with van der Waals surface area (Å²) in [7, 11) is 0. The molecule has 8 heteroatoms. The highest BCUT2D eigenvalue weighted by Crippen LogP contribution is 2.34. The summed E-state index contributed by atoms with van der Waals surface area (Å²) in [6.45, 7) is 0.866. The average molecular weight is 428 g/mol. The van der Waals surface area contributed by atoms with Gasteiger partial charge in [-0.3, -0.25) is 14.4 Å². The molecular formula is C22H22FN3O3S. The van der Waals surface area contributed by atoms with Crippen LogP contribution in [-0.2, 0) is 9.59 Å². The van der Waals surface area contributed by atoms with Crippen LogP contribution in [0.25, 0.3) is 0 Å². The van der Waals surface area contributed by atoms with Gasteiger partial charge in [0.25, 0.3) is 5.91 Å². The van der Waals surface area contributed by atoms with Gasteiger partial charge in [-0.2, -0.15) is 0 Å². The number of halogens is 1. The molecule has 156 valence electrons. The van der Waals surface area contributed by atoms with E-state index in [1.807, 2.05) is 24.3 Å². The van der Waals surface area contributed by atoms with E-state index in [1.54, 1.807) is 17.0 Å². The minimum Gasteiger partial charge on any atom is -0.352 e. The molecule has 0 atom stereocenters. The molecule has 2 aromatic rings. The summed E-state index contributed by atoms with van der Waals surface area (Å²) in [5, 5.41) is 2.98. The number of rotatable bonds is 4. The first-order chi connectivity index (χ1) is 14.5. The summed E-state index contributed by atoms with van der Waals surface area (Å²) in [6, 6.07) is 13.4. The minimum absolute atomic E-state index is 0.0230. The fourth-order valence-corrected chi connectivity index (χ4v) is 4.71. The van der Waals surface area contributed by atoms with Gasteiger partial charge in [-0.25, -0.2) is 4.39 Å². The molecule has 1 fully saturated rings. The zero-order chi connectivity index (χ0) is 21.1. The number of anilines is 1. The third-order valence-electron chi connectivity index (χ3n) is 5.36. The van der Waals surface area contributed by atoms with Crippen molar-refractivity contribution in [3.63, 3.8) is 0 Å². The second-order valence-corrected chi connectivity index (χ2v) is 8.37. The number of nitrogens with zero attached hydrogens (tertiary/aromatic N) is 2. The lowest BCUT2D eigenvalue weighted by Crippen LogP contribution is -2.50. The fraction of sp³-hybridized carbons (Fsp3) is 0.318. The van der Waals surface area contributed by atoms with Crippen molar-refractivity contribution in [3.05, 3.63) is 59.9 Å². The van der Waals surface area contributed by atoms with Crippen LogP contribution in [0.5, 0.6) is 0 Å². The zero-order valence-corrected chi connectivity index (χ0v) is 17.2. The average Bonchev–Trinajstić information content (AvgIpc) is 2.76. The van der Waals surface area contributed by atoms with Crippen molar-refractivity contribution in [2.75, 3.05) is 30.3 Å². The number of para-hydroxylation sites is 1. The Morgan fingerprint density at radius 3 is 2.53 bits per heavy atom. The molecule has 0 saturated carbocycles. The Bertz CT molecular complexity index is 976. The Morgan fingerprint density at radius 1 is 1.07 bits per heavy atom. The molecule has 30 heavy (non-hydrogen) atoms. The van der Waals surface area contributed by atoms with Crippen molar-refractivity contribution in [1.82, 2.24) is 10.2 Å². The van der Waals surface area contributed by atoms with Crippen LogP contribution in [0.3, 0.4) is 0 Å². The predicted octanol–water partition coefficient (Wildman–Crippen LogP) is 2.69. The van der Waals surface area contributed by atoms with Crippen molar-refractivity contribution < 1.29 is 18.8 Å². The zero-order valence-electron chi connectivity index (χ0n) is 16.3. The van der Waals surface area contributed by atoms with Gasteiger partial charge in [-0.05, 0) is 37.1 Å². The number of amides is 3. The van der Waals surface area contributed by atoms with E-state index in [1.165, 1.54) is 28.8 Å². The Hall–Kier alpha value is -2.87. The highest BCUT2D eigenvalue weighted by Gasteiger charge is 2.29. The van der Waals surface area contributed by atoms with Gasteiger partial charge in [0.05, 0.1) is 17.0 Å². The molecule has 0 aromatic heterocycles. The highest BCUT2D eigenvalue weighted by atomic mass is 32.2. The van der Waals surface area contributed by atoms with Gasteiger partial charge in [-0.1, -0.05) is 24.3 Å². The summed E-state index contributed by atoms with van der Waals surface area (Å²) in [6.07, 6.45) is 1.18. The molecule has 2 heterocycles. The summed E-state index contributed by atoms with van der Waals surface area (Å²) in [5.41, 5.74) is 0.833. The van der Waals surface area contributed by atoms with Gasteiger partial charge in [-0.15, -0.1) is 11.8 Å². The Balaban J connectivity index is 1.31. The molecule has 4 rings (SSSR count). The molecule has 2 aromatic carbocycles. The van der Waals surface area contributed by atoms with Crippen molar-refractivity contribution in [3.8, 4) is 0 Å². The van der Waals surface area contributed by atoms with Crippen LogP contribution >= 0.6 is 11.8 Å². The van der Waals surface area contributed by atoms with Gasteiger partial charge >= 0.3 is 0 Å². The normalized spacial score (nSPS) is 16.9.